The number of benzene rings is 2. The molecule has 0 saturated heterocycles. The SMILES string of the molecule is CCC(=N[C@@H](C)c1ccccc1)c1ccccc1. The summed E-state index contributed by atoms with van der Waals surface area (Å²) in [6, 6.07) is 21.1. The van der Waals surface area contributed by atoms with Gasteiger partial charge in [0.05, 0.1) is 6.04 Å². The quantitative estimate of drug-likeness (QED) is 0.686. The number of nitrogens with zero attached hydrogens (tertiary/aromatic N) is 1. The summed E-state index contributed by atoms with van der Waals surface area (Å²) >= 11 is 0. The highest BCUT2D eigenvalue weighted by atomic mass is 14.8. The van der Waals surface area contributed by atoms with Gasteiger partial charge in [-0.3, -0.25) is 4.99 Å². The van der Waals surface area contributed by atoms with E-state index in [1.807, 2.05) is 12.1 Å². The van der Waals surface area contributed by atoms with Crippen LogP contribution in [0.15, 0.2) is 65.7 Å². The summed E-state index contributed by atoms with van der Waals surface area (Å²) in [7, 11) is 0. The second-order valence-corrected chi connectivity index (χ2v) is 4.38. The minimum Gasteiger partial charge on any atom is -0.281 e. The van der Waals surface area contributed by atoms with E-state index in [-0.39, 0.29) is 6.04 Å². The lowest BCUT2D eigenvalue weighted by molar-refractivity contribution is 0.815. The molecule has 0 heterocycles. The molecule has 0 aliphatic rings. The van der Waals surface area contributed by atoms with E-state index < -0.39 is 0 Å². The highest BCUT2D eigenvalue weighted by Crippen LogP contribution is 2.18. The Hall–Kier alpha value is -1.89. The van der Waals surface area contributed by atoms with Crippen LogP contribution >= 0.6 is 0 Å². The zero-order chi connectivity index (χ0) is 12.8. The monoisotopic (exact) mass is 237 g/mol. The summed E-state index contributed by atoms with van der Waals surface area (Å²) in [6.45, 7) is 4.30. The highest BCUT2D eigenvalue weighted by molar-refractivity contribution is 6.00. The fourth-order valence-electron chi connectivity index (χ4n) is 2.04. The van der Waals surface area contributed by atoms with Gasteiger partial charge >= 0.3 is 0 Å². The van der Waals surface area contributed by atoms with Crippen molar-refractivity contribution in [3.05, 3.63) is 71.8 Å². The topological polar surface area (TPSA) is 12.4 Å². The van der Waals surface area contributed by atoms with Gasteiger partial charge in [0, 0.05) is 5.71 Å². The molecule has 92 valence electrons. The second kappa shape index (κ2) is 6.15. The van der Waals surface area contributed by atoms with Gasteiger partial charge in [0.15, 0.2) is 0 Å². The summed E-state index contributed by atoms with van der Waals surface area (Å²) in [5, 5.41) is 0. The number of aliphatic imine (C=N–C) groups is 1. The lowest BCUT2D eigenvalue weighted by atomic mass is 10.1. The van der Waals surface area contributed by atoms with E-state index in [9.17, 15) is 0 Å². The van der Waals surface area contributed by atoms with Crippen molar-refractivity contribution in [1.82, 2.24) is 0 Å². The Bertz CT molecular complexity index is 500. The molecule has 0 N–H and O–H groups in total. The fourth-order valence-corrected chi connectivity index (χ4v) is 2.04. The third kappa shape index (κ3) is 3.07. The zero-order valence-corrected chi connectivity index (χ0v) is 11.0. The van der Waals surface area contributed by atoms with Gasteiger partial charge in [-0.2, -0.15) is 0 Å². The molecule has 0 aliphatic heterocycles. The van der Waals surface area contributed by atoms with E-state index in [2.05, 4.69) is 62.4 Å². The first kappa shape index (κ1) is 12.6. The molecule has 1 nitrogen and oxygen atoms in total. The zero-order valence-electron chi connectivity index (χ0n) is 11.0. The number of hydrogen-bond donors (Lipinski definition) is 0. The molecule has 1 atom stereocenters. The molecule has 0 aromatic heterocycles. The third-order valence-corrected chi connectivity index (χ3v) is 3.07. The smallest absolute Gasteiger partial charge is 0.0724 e. The molecule has 0 radical (unpaired) electrons. The van der Waals surface area contributed by atoms with Crippen LogP contribution in [0, 0.1) is 0 Å². The maximum absolute atomic E-state index is 4.85. The Morgan fingerprint density at radius 2 is 1.50 bits per heavy atom. The van der Waals surface area contributed by atoms with Crippen LogP contribution in [-0.4, -0.2) is 5.71 Å². The van der Waals surface area contributed by atoms with Gasteiger partial charge in [-0.15, -0.1) is 0 Å². The summed E-state index contributed by atoms with van der Waals surface area (Å²) < 4.78 is 0. The van der Waals surface area contributed by atoms with Crippen LogP contribution in [0.3, 0.4) is 0 Å². The van der Waals surface area contributed by atoms with E-state index in [1.165, 1.54) is 16.8 Å². The second-order valence-electron chi connectivity index (χ2n) is 4.38. The first-order chi connectivity index (χ1) is 8.81. The van der Waals surface area contributed by atoms with Crippen LogP contribution in [0.1, 0.15) is 37.4 Å². The third-order valence-electron chi connectivity index (χ3n) is 3.07. The van der Waals surface area contributed by atoms with Crippen LogP contribution in [0.5, 0.6) is 0 Å². The molecule has 0 fully saturated rings. The molecule has 0 bridgehead atoms. The van der Waals surface area contributed by atoms with E-state index in [1.54, 1.807) is 0 Å². The molecular formula is C17H19N. The number of hydrogen-bond acceptors (Lipinski definition) is 1. The van der Waals surface area contributed by atoms with E-state index >= 15 is 0 Å². The minimum atomic E-state index is 0.210. The van der Waals surface area contributed by atoms with Gasteiger partial charge in [-0.1, -0.05) is 67.6 Å². The molecule has 2 aromatic carbocycles. The molecule has 18 heavy (non-hydrogen) atoms. The van der Waals surface area contributed by atoms with Gasteiger partial charge in [0.25, 0.3) is 0 Å². The Morgan fingerprint density at radius 3 is 2.06 bits per heavy atom. The summed E-state index contributed by atoms with van der Waals surface area (Å²) in [6.07, 6.45) is 0.960. The molecule has 0 unspecified atom stereocenters. The maximum atomic E-state index is 4.85. The van der Waals surface area contributed by atoms with E-state index in [0.29, 0.717) is 0 Å². The molecule has 2 rings (SSSR count). The van der Waals surface area contributed by atoms with Crippen LogP contribution < -0.4 is 0 Å². The summed E-state index contributed by atoms with van der Waals surface area (Å²) in [5.74, 6) is 0. The minimum absolute atomic E-state index is 0.210. The first-order valence-corrected chi connectivity index (χ1v) is 6.48. The van der Waals surface area contributed by atoms with Gasteiger partial charge in [-0.25, -0.2) is 0 Å². The van der Waals surface area contributed by atoms with Crippen molar-refractivity contribution in [2.24, 2.45) is 4.99 Å². The van der Waals surface area contributed by atoms with Crippen molar-refractivity contribution < 1.29 is 0 Å². The largest absolute Gasteiger partial charge is 0.281 e. The first-order valence-electron chi connectivity index (χ1n) is 6.48. The fraction of sp³-hybridized carbons (Fsp3) is 0.235. The molecule has 0 spiro atoms. The van der Waals surface area contributed by atoms with Crippen LogP contribution in [0.2, 0.25) is 0 Å². The normalized spacial score (nSPS) is 13.3. The maximum Gasteiger partial charge on any atom is 0.0724 e. The average molecular weight is 237 g/mol. The van der Waals surface area contributed by atoms with Crippen molar-refractivity contribution in [2.75, 3.05) is 0 Å². The Labute approximate surface area is 109 Å². The molecule has 0 amide bonds. The molecule has 1 heteroatoms. The van der Waals surface area contributed by atoms with Crippen molar-refractivity contribution in [2.45, 2.75) is 26.3 Å². The van der Waals surface area contributed by atoms with Crippen molar-refractivity contribution >= 4 is 5.71 Å². The Morgan fingerprint density at radius 1 is 0.944 bits per heavy atom. The number of rotatable bonds is 4. The van der Waals surface area contributed by atoms with Crippen LogP contribution in [-0.2, 0) is 0 Å². The standard InChI is InChI=1S/C17H19N/c1-3-17(16-12-8-5-9-13-16)18-14(2)15-10-6-4-7-11-15/h4-14H,3H2,1-2H3/t14-/m0/s1. The predicted octanol–water partition coefficient (Wildman–Crippen LogP) is 4.65. The highest BCUT2D eigenvalue weighted by Gasteiger charge is 2.05. The van der Waals surface area contributed by atoms with Gasteiger partial charge in [0.1, 0.15) is 0 Å². The van der Waals surface area contributed by atoms with Crippen molar-refractivity contribution in [3.8, 4) is 0 Å². The average Bonchev–Trinajstić information content (AvgIpc) is 2.46. The lowest BCUT2D eigenvalue weighted by Crippen LogP contribution is -2.02. The Kier molecular flexibility index (Phi) is 4.30. The Balaban J connectivity index is 2.25. The van der Waals surface area contributed by atoms with Gasteiger partial charge in [0.2, 0.25) is 0 Å². The van der Waals surface area contributed by atoms with E-state index in [4.69, 9.17) is 4.99 Å². The van der Waals surface area contributed by atoms with Crippen molar-refractivity contribution in [1.29, 1.82) is 0 Å². The van der Waals surface area contributed by atoms with Crippen LogP contribution in [0.4, 0.5) is 0 Å². The van der Waals surface area contributed by atoms with Crippen LogP contribution in [0.25, 0.3) is 0 Å². The van der Waals surface area contributed by atoms with Gasteiger partial charge in [-0.05, 0) is 24.5 Å². The molecular weight excluding hydrogens is 218 g/mol. The van der Waals surface area contributed by atoms with Crippen molar-refractivity contribution in [3.63, 3.8) is 0 Å². The predicted molar refractivity (Wildman–Crippen MR) is 78.1 cm³/mol. The summed E-state index contributed by atoms with van der Waals surface area (Å²) in [5.41, 5.74) is 3.66. The van der Waals surface area contributed by atoms with E-state index in [0.717, 1.165) is 6.42 Å². The molecule has 2 aromatic rings. The molecule has 0 aliphatic carbocycles. The van der Waals surface area contributed by atoms with Gasteiger partial charge < -0.3 is 0 Å². The lowest BCUT2D eigenvalue weighted by Gasteiger charge is -2.10. The molecule has 0 saturated carbocycles. The summed E-state index contributed by atoms with van der Waals surface area (Å²) in [4.78, 5) is 4.85.